The highest BCUT2D eigenvalue weighted by molar-refractivity contribution is 5.74. The van der Waals surface area contributed by atoms with Crippen molar-refractivity contribution in [1.29, 1.82) is 0 Å². The minimum Gasteiger partial charge on any atom is -0.391 e. The molecule has 0 unspecified atom stereocenters. The van der Waals surface area contributed by atoms with E-state index in [4.69, 9.17) is 0 Å². The molecule has 1 heterocycles. The van der Waals surface area contributed by atoms with Crippen LogP contribution in [0.25, 0.3) is 0 Å². The Morgan fingerprint density at radius 2 is 1.95 bits per heavy atom. The number of carbonyl (C=O) groups excluding carboxylic acids is 1. The van der Waals surface area contributed by atoms with Gasteiger partial charge in [-0.2, -0.15) is 0 Å². The summed E-state index contributed by atoms with van der Waals surface area (Å²) in [5, 5.41) is 15.6. The SMILES string of the molecule is O=C(NC[C@H](O)C1CC1)N[C@@H]1CCN(CC2CCCC2)C1. The highest BCUT2D eigenvalue weighted by Crippen LogP contribution is 2.32. The fraction of sp³-hybridized carbons (Fsp3) is 0.938. The lowest BCUT2D eigenvalue weighted by molar-refractivity contribution is 0.148. The van der Waals surface area contributed by atoms with E-state index >= 15 is 0 Å². The molecule has 21 heavy (non-hydrogen) atoms. The highest BCUT2D eigenvalue weighted by atomic mass is 16.3. The van der Waals surface area contributed by atoms with Crippen LogP contribution < -0.4 is 10.6 Å². The average molecular weight is 295 g/mol. The molecule has 1 saturated heterocycles. The lowest BCUT2D eigenvalue weighted by Gasteiger charge is -2.20. The van der Waals surface area contributed by atoms with Crippen LogP contribution in [0.3, 0.4) is 0 Å². The maximum absolute atomic E-state index is 11.8. The summed E-state index contributed by atoms with van der Waals surface area (Å²) in [6.45, 7) is 3.68. The van der Waals surface area contributed by atoms with Gasteiger partial charge < -0.3 is 20.6 Å². The lowest BCUT2D eigenvalue weighted by atomic mass is 10.1. The van der Waals surface area contributed by atoms with Crippen LogP contribution in [0.15, 0.2) is 0 Å². The largest absolute Gasteiger partial charge is 0.391 e. The lowest BCUT2D eigenvalue weighted by Crippen LogP contribution is -2.45. The quantitative estimate of drug-likeness (QED) is 0.692. The second-order valence-electron chi connectivity index (χ2n) is 7.15. The Balaban J connectivity index is 1.30. The second kappa shape index (κ2) is 6.97. The normalized spacial score (nSPS) is 28.7. The summed E-state index contributed by atoms with van der Waals surface area (Å²) < 4.78 is 0. The molecule has 2 saturated carbocycles. The zero-order valence-corrected chi connectivity index (χ0v) is 12.9. The molecule has 0 aromatic heterocycles. The Labute approximate surface area is 127 Å². The molecule has 3 fully saturated rings. The van der Waals surface area contributed by atoms with E-state index in [0.717, 1.165) is 38.3 Å². The van der Waals surface area contributed by atoms with Gasteiger partial charge in [0.1, 0.15) is 0 Å². The van der Waals surface area contributed by atoms with Gasteiger partial charge in [0.15, 0.2) is 0 Å². The minimum absolute atomic E-state index is 0.123. The Morgan fingerprint density at radius 3 is 2.67 bits per heavy atom. The second-order valence-corrected chi connectivity index (χ2v) is 7.15. The van der Waals surface area contributed by atoms with Crippen molar-refractivity contribution in [3.63, 3.8) is 0 Å². The number of rotatable bonds is 6. The first-order valence-electron chi connectivity index (χ1n) is 8.65. The third-order valence-corrected chi connectivity index (χ3v) is 5.24. The summed E-state index contributed by atoms with van der Waals surface area (Å²) >= 11 is 0. The number of aliphatic hydroxyl groups excluding tert-OH is 1. The molecule has 0 aromatic rings. The maximum atomic E-state index is 11.8. The van der Waals surface area contributed by atoms with Crippen LogP contribution in [-0.2, 0) is 0 Å². The van der Waals surface area contributed by atoms with E-state index in [1.54, 1.807) is 0 Å². The molecule has 0 radical (unpaired) electrons. The van der Waals surface area contributed by atoms with Gasteiger partial charge in [-0.25, -0.2) is 4.79 Å². The van der Waals surface area contributed by atoms with Gasteiger partial charge in [0.2, 0.25) is 0 Å². The topological polar surface area (TPSA) is 64.6 Å². The number of nitrogens with one attached hydrogen (secondary N) is 2. The molecule has 2 amide bonds. The van der Waals surface area contributed by atoms with Crippen molar-refractivity contribution < 1.29 is 9.90 Å². The monoisotopic (exact) mass is 295 g/mol. The van der Waals surface area contributed by atoms with Gasteiger partial charge in [0, 0.05) is 32.2 Å². The standard InChI is InChI=1S/C16H29N3O2/c20-15(13-5-6-13)9-17-16(21)18-14-7-8-19(11-14)10-12-3-1-2-4-12/h12-15,20H,1-11H2,(H2,17,18,21)/t14-,15+/m1/s1. The first-order valence-corrected chi connectivity index (χ1v) is 8.65. The number of likely N-dealkylation sites (tertiary alicyclic amines) is 1. The third-order valence-electron chi connectivity index (χ3n) is 5.24. The number of hydrogen-bond acceptors (Lipinski definition) is 3. The third kappa shape index (κ3) is 4.58. The molecular formula is C16H29N3O2. The van der Waals surface area contributed by atoms with Crippen LogP contribution in [0.5, 0.6) is 0 Å². The van der Waals surface area contributed by atoms with Gasteiger partial charge in [-0.1, -0.05) is 12.8 Å². The van der Waals surface area contributed by atoms with Crippen LogP contribution in [0.4, 0.5) is 4.79 Å². The van der Waals surface area contributed by atoms with Gasteiger partial charge in [0.25, 0.3) is 0 Å². The van der Waals surface area contributed by atoms with E-state index in [1.807, 2.05) is 0 Å². The van der Waals surface area contributed by atoms with E-state index in [9.17, 15) is 9.90 Å². The van der Waals surface area contributed by atoms with Crippen molar-refractivity contribution in [2.24, 2.45) is 11.8 Å². The Hall–Kier alpha value is -0.810. The molecule has 5 heteroatoms. The number of amides is 2. The van der Waals surface area contributed by atoms with Crippen molar-refractivity contribution in [1.82, 2.24) is 15.5 Å². The van der Waals surface area contributed by atoms with Crippen LogP contribution in [0.1, 0.15) is 44.9 Å². The molecule has 2 atom stereocenters. The fourth-order valence-corrected chi connectivity index (χ4v) is 3.76. The molecule has 0 bridgehead atoms. The smallest absolute Gasteiger partial charge is 0.315 e. The van der Waals surface area contributed by atoms with Gasteiger partial charge in [-0.05, 0) is 43.9 Å². The zero-order valence-electron chi connectivity index (χ0n) is 12.9. The number of hydrogen-bond donors (Lipinski definition) is 3. The molecule has 120 valence electrons. The Bertz CT molecular complexity index is 353. The summed E-state index contributed by atoms with van der Waals surface area (Å²) in [6, 6.07) is 0.145. The van der Waals surface area contributed by atoms with Gasteiger partial charge in [-0.3, -0.25) is 0 Å². The highest BCUT2D eigenvalue weighted by Gasteiger charge is 2.30. The molecule has 1 aliphatic heterocycles. The fourth-order valence-electron chi connectivity index (χ4n) is 3.76. The van der Waals surface area contributed by atoms with E-state index in [0.29, 0.717) is 12.5 Å². The van der Waals surface area contributed by atoms with Gasteiger partial charge >= 0.3 is 6.03 Å². The zero-order chi connectivity index (χ0) is 14.7. The molecule has 0 spiro atoms. The van der Waals surface area contributed by atoms with E-state index < -0.39 is 0 Å². The molecule has 5 nitrogen and oxygen atoms in total. The van der Waals surface area contributed by atoms with Crippen LogP contribution in [0, 0.1) is 11.8 Å². The summed E-state index contributed by atoms with van der Waals surface area (Å²) in [7, 11) is 0. The maximum Gasteiger partial charge on any atom is 0.315 e. The number of nitrogens with zero attached hydrogens (tertiary/aromatic N) is 1. The van der Waals surface area contributed by atoms with E-state index in [-0.39, 0.29) is 18.2 Å². The van der Waals surface area contributed by atoms with Gasteiger partial charge in [-0.15, -0.1) is 0 Å². The van der Waals surface area contributed by atoms with Crippen molar-refractivity contribution >= 4 is 6.03 Å². The Morgan fingerprint density at radius 1 is 1.19 bits per heavy atom. The van der Waals surface area contributed by atoms with Crippen molar-refractivity contribution in [3.05, 3.63) is 0 Å². The predicted molar refractivity (Wildman–Crippen MR) is 82.1 cm³/mol. The summed E-state index contributed by atoms with van der Waals surface area (Å²) in [4.78, 5) is 14.3. The van der Waals surface area contributed by atoms with Crippen molar-refractivity contribution in [2.45, 2.75) is 57.1 Å². The number of carbonyl (C=O) groups is 1. The average Bonchev–Trinajstić information content (AvgIpc) is 3.04. The van der Waals surface area contributed by atoms with Crippen LogP contribution in [-0.4, -0.2) is 54.4 Å². The van der Waals surface area contributed by atoms with Crippen molar-refractivity contribution in [2.75, 3.05) is 26.2 Å². The first kappa shape index (κ1) is 15.1. The van der Waals surface area contributed by atoms with Crippen LogP contribution in [0.2, 0.25) is 0 Å². The molecule has 3 aliphatic rings. The minimum atomic E-state index is -0.363. The Kier molecular flexibility index (Phi) is 5.01. The molecule has 2 aliphatic carbocycles. The summed E-state index contributed by atoms with van der Waals surface area (Å²) in [5.74, 6) is 1.30. The number of urea groups is 1. The van der Waals surface area contributed by atoms with Crippen LogP contribution >= 0.6 is 0 Å². The molecule has 0 aromatic carbocycles. The van der Waals surface area contributed by atoms with E-state index in [1.165, 1.54) is 32.2 Å². The predicted octanol–water partition coefficient (Wildman–Crippen LogP) is 1.32. The van der Waals surface area contributed by atoms with Gasteiger partial charge in [0.05, 0.1) is 6.10 Å². The van der Waals surface area contributed by atoms with E-state index in [2.05, 4.69) is 15.5 Å². The van der Waals surface area contributed by atoms with Crippen molar-refractivity contribution in [3.8, 4) is 0 Å². The molecule has 3 N–H and O–H groups in total. The molecule has 3 rings (SSSR count). The molecular weight excluding hydrogens is 266 g/mol. The first-order chi connectivity index (χ1) is 10.2. The number of aliphatic hydroxyl groups is 1. The summed E-state index contributed by atoms with van der Waals surface area (Å²) in [6.07, 6.45) is 8.44. The summed E-state index contributed by atoms with van der Waals surface area (Å²) in [5.41, 5.74) is 0.